The Morgan fingerprint density at radius 3 is 1.92 bits per heavy atom. The maximum atomic E-state index is 12.0. The van der Waals surface area contributed by atoms with Crippen molar-refractivity contribution in [2.75, 3.05) is 25.1 Å². The molecule has 0 aromatic heterocycles. The first-order chi connectivity index (χ1) is 18.5. The van der Waals surface area contributed by atoms with Crippen molar-refractivity contribution < 1.29 is 23.9 Å². The van der Waals surface area contributed by atoms with Crippen LogP contribution in [0.2, 0.25) is 0 Å². The molecule has 1 N–H and O–H groups in total. The van der Waals surface area contributed by atoms with Crippen molar-refractivity contribution in [1.82, 2.24) is 0 Å². The van der Waals surface area contributed by atoms with Crippen LogP contribution in [0.3, 0.4) is 0 Å². The molecule has 0 aliphatic rings. The first-order valence-corrected chi connectivity index (χ1v) is 12.1. The molecule has 0 aliphatic carbocycles. The van der Waals surface area contributed by atoms with E-state index in [0.717, 1.165) is 28.8 Å². The van der Waals surface area contributed by atoms with Crippen LogP contribution in [-0.4, -0.2) is 43.8 Å². The first-order valence-electron chi connectivity index (χ1n) is 12.1. The zero-order valence-electron chi connectivity index (χ0n) is 21.2. The van der Waals surface area contributed by atoms with Crippen LogP contribution in [0.25, 0.3) is 0 Å². The molecular weight excluding hydrogens is 480 g/mol. The van der Waals surface area contributed by atoms with Crippen molar-refractivity contribution in [3.63, 3.8) is 0 Å². The van der Waals surface area contributed by atoms with E-state index in [-0.39, 0.29) is 12.5 Å². The number of nitrogens with zero attached hydrogens (tertiary/aromatic N) is 1. The van der Waals surface area contributed by atoms with Crippen molar-refractivity contribution in [3.05, 3.63) is 90.5 Å². The summed E-state index contributed by atoms with van der Waals surface area (Å²) >= 11 is 0. The predicted octanol–water partition coefficient (Wildman–Crippen LogP) is 4.47. The molecular formula is C31H30N2O5. The summed E-state index contributed by atoms with van der Waals surface area (Å²) in [6.07, 6.45) is 6.23. The van der Waals surface area contributed by atoms with Gasteiger partial charge in [0.15, 0.2) is 0 Å². The zero-order chi connectivity index (χ0) is 27.4. The molecule has 2 aromatic carbocycles. The SMILES string of the molecule is C=CC(=O)OCCCCC(=O)Nc1ccc(C#CC#Cc2ccc(C=NCCCOC(=O)C=C)cc2)cc1. The summed E-state index contributed by atoms with van der Waals surface area (Å²) in [7, 11) is 0. The topological polar surface area (TPSA) is 94.1 Å². The van der Waals surface area contributed by atoms with Crippen LogP contribution in [-0.2, 0) is 23.9 Å². The molecule has 2 aromatic rings. The van der Waals surface area contributed by atoms with E-state index in [1.54, 1.807) is 18.3 Å². The van der Waals surface area contributed by atoms with Gasteiger partial charge in [0.2, 0.25) is 5.91 Å². The average Bonchev–Trinajstić information content (AvgIpc) is 2.94. The summed E-state index contributed by atoms with van der Waals surface area (Å²) in [5.41, 5.74) is 3.26. The number of carbonyl (C=O) groups excluding carboxylic acids is 3. The Hall–Kier alpha value is -4.88. The maximum Gasteiger partial charge on any atom is 0.330 e. The second-order valence-corrected chi connectivity index (χ2v) is 7.84. The fraction of sp³-hybridized carbons (Fsp3) is 0.226. The quantitative estimate of drug-likeness (QED) is 0.141. The number of hydrogen-bond acceptors (Lipinski definition) is 6. The van der Waals surface area contributed by atoms with Crippen molar-refractivity contribution in [2.45, 2.75) is 25.7 Å². The van der Waals surface area contributed by atoms with Crippen LogP contribution < -0.4 is 5.32 Å². The fourth-order valence-electron chi connectivity index (χ4n) is 2.90. The average molecular weight is 511 g/mol. The van der Waals surface area contributed by atoms with E-state index in [2.05, 4.69) is 47.1 Å². The van der Waals surface area contributed by atoms with Crippen LogP contribution in [0, 0.1) is 23.7 Å². The number of esters is 2. The molecule has 2 rings (SSSR count). The van der Waals surface area contributed by atoms with E-state index in [4.69, 9.17) is 9.47 Å². The van der Waals surface area contributed by atoms with Gasteiger partial charge in [-0.2, -0.15) is 0 Å². The Bertz CT molecular complexity index is 1250. The number of rotatable bonds is 13. The van der Waals surface area contributed by atoms with Crippen LogP contribution in [0.15, 0.2) is 78.8 Å². The van der Waals surface area contributed by atoms with E-state index >= 15 is 0 Å². The second-order valence-electron chi connectivity index (χ2n) is 7.84. The highest BCUT2D eigenvalue weighted by Gasteiger charge is 2.03. The Labute approximate surface area is 223 Å². The predicted molar refractivity (Wildman–Crippen MR) is 149 cm³/mol. The van der Waals surface area contributed by atoms with Gasteiger partial charge in [0.1, 0.15) is 0 Å². The largest absolute Gasteiger partial charge is 0.463 e. The Morgan fingerprint density at radius 1 is 0.789 bits per heavy atom. The minimum atomic E-state index is -0.459. The molecule has 38 heavy (non-hydrogen) atoms. The molecule has 0 unspecified atom stereocenters. The van der Waals surface area contributed by atoms with E-state index < -0.39 is 11.9 Å². The number of amides is 1. The van der Waals surface area contributed by atoms with Gasteiger partial charge >= 0.3 is 11.9 Å². The van der Waals surface area contributed by atoms with Gasteiger partial charge in [-0.3, -0.25) is 9.79 Å². The fourth-order valence-corrected chi connectivity index (χ4v) is 2.90. The number of aliphatic imine (C=N–C) groups is 1. The summed E-state index contributed by atoms with van der Waals surface area (Å²) in [4.78, 5) is 38.2. The lowest BCUT2D eigenvalue weighted by atomic mass is 10.1. The summed E-state index contributed by atoms with van der Waals surface area (Å²) in [5.74, 6) is 10.7. The van der Waals surface area contributed by atoms with Crippen molar-refractivity contribution >= 4 is 29.7 Å². The number of unbranched alkanes of at least 4 members (excludes halogenated alkanes) is 1. The van der Waals surface area contributed by atoms with Gasteiger partial charge in [-0.25, -0.2) is 9.59 Å². The van der Waals surface area contributed by atoms with E-state index in [1.807, 2.05) is 36.4 Å². The van der Waals surface area contributed by atoms with Gasteiger partial charge < -0.3 is 14.8 Å². The minimum Gasteiger partial charge on any atom is -0.463 e. The van der Waals surface area contributed by atoms with Gasteiger partial charge in [-0.05, 0) is 66.6 Å². The van der Waals surface area contributed by atoms with E-state index in [1.165, 1.54) is 0 Å². The monoisotopic (exact) mass is 510 g/mol. The third kappa shape index (κ3) is 12.7. The lowest BCUT2D eigenvalue weighted by molar-refractivity contribution is -0.138. The molecule has 0 saturated heterocycles. The third-order valence-corrected chi connectivity index (χ3v) is 4.85. The summed E-state index contributed by atoms with van der Waals surface area (Å²) in [6, 6.07) is 14.8. The number of ether oxygens (including phenoxy) is 2. The standard InChI is InChI=1S/C31H30N2O5/c1-3-30(35)37-22-8-7-12-29(34)33-28-19-17-26(18-20-28)11-6-5-10-25-13-15-27(16-14-25)24-32-21-9-23-38-31(36)4-2/h3-4,13-20,24H,1-2,7-9,12,21-23H2,(H,33,34). The molecule has 0 radical (unpaired) electrons. The Morgan fingerprint density at radius 2 is 1.34 bits per heavy atom. The zero-order valence-corrected chi connectivity index (χ0v) is 21.2. The Balaban J connectivity index is 1.72. The molecule has 0 aliphatic heterocycles. The van der Waals surface area contributed by atoms with Crippen LogP contribution in [0.1, 0.15) is 42.4 Å². The number of carbonyl (C=O) groups is 3. The summed E-state index contributed by atoms with van der Waals surface area (Å²) < 4.78 is 9.77. The highest BCUT2D eigenvalue weighted by Crippen LogP contribution is 2.10. The van der Waals surface area contributed by atoms with Gasteiger partial charge in [-0.15, -0.1) is 0 Å². The maximum absolute atomic E-state index is 12.0. The van der Waals surface area contributed by atoms with Crippen molar-refractivity contribution in [2.24, 2.45) is 4.99 Å². The van der Waals surface area contributed by atoms with Gasteiger partial charge in [-0.1, -0.05) is 37.1 Å². The van der Waals surface area contributed by atoms with Crippen molar-refractivity contribution in [1.29, 1.82) is 0 Å². The highest BCUT2D eigenvalue weighted by atomic mass is 16.5. The smallest absolute Gasteiger partial charge is 0.330 e. The number of hydrogen-bond donors (Lipinski definition) is 1. The molecule has 7 heteroatoms. The molecule has 0 fully saturated rings. The van der Waals surface area contributed by atoms with Crippen LogP contribution in [0.4, 0.5) is 5.69 Å². The lowest BCUT2D eigenvalue weighted by Gasteiger charge is -2.05. The number of anilines is 1. The molecule has 0 atom stereocenters. The van der Waals surface area contributed by atoms with Gasteiger partial charge in [0.05, 0.1) is 13.2 Å². The second kappa shape index (κ2) is 17.5. The minimum absolute atomic E-state index is 0.103. The molecule has 0 heterocycles. The van der Waals surface area contributed by atoms with E-state index in [9.17, 15) is 14.4 Å². The van der Waals surface area contributed by atoms with Crippen LogP contribution in [0.5, 0.6) is 0 Å². The van der Waals surface area contributed by atoms with Gasteiger partial charge in [0.25, 0.3) is 0 Å². The molecule has 0 spiro atoms. The number of benzene rings is 2. The summed E-state index contributed by atoms with van der Waals surface area (Å²) in [5, 5.41) is 2.83. The molecule has 0 saturated carbocycles. The van der Waals surface area contributed by atoms with E-state index in [0.29, 0.717) is 44.5 Å². The lowest BCUT2D eigenvalue weighted by Crippen LogP contribution is -2.11. The normalized spacial score (nSPS) is 9.79. The van der Waals surface area contributed by atoms with Crippen LogP contribution >= 0.6 is 0 Å². The third-order valence-electron chi connectivity index (χ3n) is 4.85. The highest BCUT2D eigenvalue weighted by molar-refractivity contribution is 5.90. The Kier molecular flexibility index (Phi) is 13.5. The van der Waals surface area contributed by atoms with Crippen molar-refractivity contribution in [3.8, 4) is 23.7 Å². The first kappa shape index (κ1) is 29.4. The van der Waals surface area contributed by atoms with Gasteiger partial charge in [0, 0.05) is 54.6 Å². The number of nitrogens with one attached hydrogen (secondary N) is 1. The summed E-state index contributed by atoms with van der Waals surface area (Å²) in [6.45, 7) is 7.82. The molecule has 0 bridgehead atoms. The molecule has 1 amide bonds. The molecule has 194 valence electrons. The molecule has 7 nitrogen and oxygen atoms in total.